The number of Topliss-reactive ketones (excluding diaryl/α,β-unsaturated/α-hetero) is 1. The van der Waals surface area contributed by atoms with Gasteiger partial charge in [0.15, 0.2) is 5.78 Å². The summed E-state index contributed by atoms with van der Waals surface area (Å²) in [6.45, 7) is 4.76. The van der Waals surface area contributed by atoms with Gasteiger partial charge in [-0.05, 0) is 92.0 Å². The third kappa shape index (κ3) is 2.79. The first-order chi connectivity index (χ1) is 14.4. The number of nitrogens with one attached hydrogen (secondary N) is 2. The summed E-state index contributed by atoms with van der Waals surface area (Å²) in [5.74, 6) is 2.42. The minimum atomic E-state index is 0.0588. The Bertz CT molecular complexity index is 891. The second-order valence-electron chi connectivity index (χ2n) is 10.6. The molecule has 4 aliphatic rings. The van der Waals surface area contributed by atoms with Crippen LogP contribution >= 0.6 is 0 Å². The van der Waals surface area contributed by atoms with Gasteiger partial charge < -0.3 is 10.6 Å². The van der Waals surface area contributed by atoms with Crippen LogP contribution in [0.1, 0.15) is 62.7 Å². The van der Waals surface area contributed by atoms with Crippen molar-refractivity contribution >= 4 is 17.4 Å². The number of amides is 1. The average molecular weight is 407 g/mol. The van der Waals surface area contributed by atoms with E-state index in [1.165, 1.54) is 12.8 Å². The predicted octanol–water partition coefficient (Wildman–Crippen LogP) is 4.82. The second-order valence-corrected chi connectivity index (χ2v) is 10.6. The quantitative estimate of drug-likeness (QED) is 0.707. The van der Waals surface area contributed by atoms with Gasteiger partial charge in [0.2, 0.25) is 5.91 Å². The number of hydrogen-bond donors (Lipinski definition) is 2. The first-order valence-electron chi connectivity index (χ1n) is 11.7. The number of carbonyl (C=O) groups is 2. The topological polar surface area (TPSA) is 58.2 Å². The highest BCUT2D eigenvalue weighted by atomic mass is 16.1. The molecule has 7 atom stereocenters. The van der Waals surface area contributed by atoms with Gasteiger partial charge in [0.1, 0.15) is 0 Å². The van der Waals surface area contributed by atoms with E-state index in [4.69, 9.17) is 0 Å². The number of benzene rings is 1. The largest absolute Gasteiger partial charge is 0.388 e. The van der Waals surface area contributed by atoms with Crippen molar-refractivity contribution in [2.45, 2.75) is 58.4 Å². The van der Waals surface area contributed by atoms with E-state index in [2.05, 4.69) is 30.6 Å². The van der Waals surface area contributed by atoms with Crippen molar-refractivity contribution in [3.63, 3.8) is 0 Å². The van der Waals surface area contributed by atoms with Crippen molar-refractivity contribution in [1.82, 2.24) is 5.32 Å². The highest BCUT2D eigenvalue weighted by Crippen LogP contribution is 2.65. The van der Waals surface area contributed by atoms with Gasteiger partial charge in [-0.15, -0.1) is 0 Å². The molecular weight excluding hydrogens is 372 g/mol. The van der Waals surface area contributed by atoms with E-state index in [1.54, 1.807) is 6.08 Å². The summed E-state index contributed by atoms with van der Waals surface area (Å²) < 4.78 is 0. The van der Waals surface area contributed by atoms with Crippen LogP contribution in [0, 0.1) is 34.5 Å². The lowest BCUT2D eigenvalue weighted by molar-refractivity contribution is -0.122. The van der Waals surface area contributed by atoms with Crippen molar-refractivity contribution in [2.24, 2.45) is 34.5 Å². The molecule has 5 rings (SSSR count). The molecular formula is C26H34N2O2. The standard InChI is InChI=1S/C26H34N2O2/c1-25-14-12-20-18(8-11-22-26(20,2)15-13-23(29)28-22)19(25)9-10-21(25)24(30)16-4-6-17(27-3)7-5-16/h4-7,13,15,18-22,27H,8-12,14H2,1-3H3,(H,28,29)/t18-,19-,20-,21+,22+,25-,26+/m0/s1. The number of ketones is 1. The molecule has 2 N–H and O–H groups in total. The fourth-order valence-electron chi connectivity index (χ4n) is 7.77. The van der Waals surface area contributed by atoms with Crippen LogP contribution in [0.15, 0.2) is 36.4 Å². The Balaban J connectivity index is 1.40. The lowest BCUT2D eigenvalue weighted by Gasteiger charge is -2.58. The summed E-state index contributed by atoms with van der Waals surface area (Å²) in [6.07, 6.45) is 10.7. The number of fused-ring (bicyclic) bond motifs is 5. The number of carbonyl (C=O) groups excluding carboxylic acids is 2. The van der Waals surface area contributed by atoms with Crippen LogP contribution in [-0.4, -0.2) is 24.8 Å². The molecule has 30 heavy (non-hydrogen) atoms. The van der Waals surface area contributed by atoms with E-state index in [1.807, 2.05) is 31.3 Å². The highest BCUT2D eigenvalue weighted by molar-refractivity contribution is 5.98. The van der Waals surface area contributed by atoms with Gasteiger partial charge >= 0.3 is 0 Å². The summed E-state index contributed by atoms with van der Waals surface area (Å²) in [5.41, 5.74) is 2.06. The molecule has 3 saturated carbocycles. The van der Waals surface area contributed by atoms with Crippen molar-refractivity contribution in [2.75, 3.05) is 12.4 Å². The van der Waals surface area contributed by atoms with E-state index in [0.717, 1.165) is 36.9 Å². The van der Waals surface area contributed by atoms with E-state index in [-0.39, 0.29) is 28.7 Å². The SMILES string of the molecule is CNc1ccc(C(=O)[C@H]2CC[C@H]3[C@@H]4CC[C@H]5NC(=O)C=C[C@]5(C)[C@H]4CC[C@]23C)cc1. The summed E-state index contributed by atoms with van der Waals surface area (Å²) in [4.78, 5) is 25.4. The molecule has 1 aromatic rings. The Hall–Kier alpha value is -2.10. The molecule has 0 saturated heterocycles. The average Bonchev–Trinajstić information content (AvgIpc) is 3.11. The zero-order chi connectivity index (χ0) is 21.1. The van der Waals surface area contributed by atoms with Crippen molar-refractivity contribution in [1.29, 1.82) is 0 Å². The lowest BCUT2D eigenvalue weighted by atomic mass is 9.47. The Morgan fingerprint density at radius 1 is 1.03 bits per heavy atom. The van der Waals surface area contributed by atoms with Crippen LogP contribution in [0.3, 0.4) is 0 Å². The first-order valence-corrected chi connectivity index (χ1v) is 11.7. The Kier molecular flexibility index (Phi) is 4.61. The smallest absolute Gasteiger partial charge is 0.243 e. The number of hydrogen-bond acceptors (Lipinski definition) is 3. The lowest BCUT2D eigenvalue weighted by Crippen LogP contribution is -2.59. The molecule has 1 aliphatic heterocycles. The minimum Gasteiger partial charge on any atom is -0.388 e. The van der Waals surface area contributed by atoms with E-state index in [0.29, 0.717) is 23.5 Å². The molecule has 4 nitrogen and oxygen atoms in total. The summed E-state index contributed by atoms with van der Waals surface area (Å²) in [6, 6.07) is 8.25. The molecule has 0 aromatic heterocycles. The highest BCUT2D eigenvalue weighted by Gasteiger charge is 2.60. The van der Waals surface area contributed by atoms with Crippen molar-refractivity contribution in [3.05, 3.63) is 42.0 Å². The summed E-state index contributed by atoms with van der Waals surface area (Å²) in [5, 5.41) is 6.37. The molecule has 160 valence electrons. The maximum atomic E-state index is 13.5. The molecule has 1 heterocycles. The maximum absolute atomic E-state index is 13.5. The van der Waals surface area contributed by atoms with Crippen LogP contribution < -0.4 is 10.6 Å². The van der Waals surface area contributed by atoms with Gasteiger partial charge in [0, 0.05) is 35.7 Å². The van der Waals surface area contributed by atoms with Gasteiger partial charge in [0.05, 0.1) is 0 Å². The zero-order valence-electron chi connectivity index (χ0n) is 18.4. The Labute approximate surface area is 179 Å². The van der Waals surface area contributed by atoms with Gasteiger partial charge in [-0.25, -0.2) is 0 Å². The molecule has 0 unspecified atom stereocenters. The van der Waals surface area contributed by atoms with Crippen LogP contribution in [0.5, 0.6) is 0 Å². The van der Waals surface area contributed by atoms with Crippen molar-refractivity contribution < 1.29 is 9.59 Å². The second kappa shape index (κ2) is 6.96. The van der Waals surface area contributed by atoms with Crippen LogP contribution in [0.4, 0.5) is 5.69 Å². The van der Waals surface area contributed by atoms with Crippen LogP contribution in [0.25, 0.3) is 0 Å². The predicted molar refractivity (Wildman–Crippen MR) is 119 cm³/mol. The Morgan fingerprint density at radius 2 is 1.80 bits per heavy atom. The maximum Gasteiger partial charge on any atom is 0.243 e. The third-order valence-corrected chi connectivity index (χ3v) is 9.46. The normalized spacial score (nSPS) is 42.0. The summed E-state index contributed by atoms with van der Waals surface area (Å²) in [7, 11) is 1.90. The molecule has 3 aliphatic carbocycles. The monoisotopic (exact) mass is 406 g/mol. The van der Waals surface area contributed by atoms with Crippen LogP contribution in [-0.2, 0) is 4.79 Å². The molecule has 4 heteroatoms. The third-order valence-electron chi connectivity index (χ3n) is 9.46. The molecule has 0 bridgehead atoms. The van der Waals surface area contributed by atoms with E-state index in [9.17, 15) is 9.59 Å². The molecule has 3 fully saturated rings. The summed E-state index contributed by atoms with van der Waals surface area (Å²) >= 11 is 0. The number of anilines is 1. The van der Waals surface area contributed by atoms with Crippen molar-refractivity contribution in [3.8, 4) is 0 Å². The Morgan fingerprint density at radius 3 is 2.53 bits per heavy atom. The van der Waals surface area contributed by atoms with Gasteiger partial charge in [-0.2, -0.15) is 0 Å². The van der Waals surface area contributed by atoms with Gasteiger partial charge in [0.25, 0.3) is 0 Å². The van der Waals surface area contributed by atoms with E-state index >= 15 is 0 Å². The molecule has 1 amide bonds. The molecule has 1 aromatic carbocycles. The van der Waals surface area contributed by atoms with Gasteiger partial charge in [-0.3, -0.25) is 9.59 Å². The molecule has 0 spiro atoms. The van der Waals surface area contributed by atoms with Gasteiger partial charge in [-0.1, -0.05) is 19.9 Å². The zero-order valence-corrected chi connectivity index (χ0v) is 18.4. The minimum absolute atomic E-state index is 0.0588. The van der Waals surface area contributed by atoms with E-state index < -0.39 is 0 Å². The first kappa shape index (κ1) is 19.8. The number of rotatable bonds is 3. The fourth-order valence-corrected chi connectivity index (χ4v) is 7.77. The fraction of sp³-hybridized carbons (Fsp3) is 0.615. The van der Waals surface area contributed by atoms with Crippen LogP contribution in [0.2, 0.25) is 0 Å². The molecule has 0 radical (unpaired) electrons.